The second kappa shape index (κ2) is 7.72. The van der Waals surface area contributed by atoms with Gasteiger partial charge in [-0.15, -0.1) is 11.3 Å². The molecule has 0 aliphatic carbocycles. The fourth-order valence-corrected chi connectivity index (χ4v) is 6.95. The summed E-state index contributed by atoms with van der Waals surface area (Å²) in [5.41, 5.74) is 6.11. The Morgan fingerprint density at radius 1 is 0.514 bits per heavy atom. The van der Waals surface area contributed by atoms with Crippen LogP contribution in [0.25, 0.3) is 69.5 Å². The number of nitrogens with zero attached hydrogens (tertiary/aromatic N) is 1. The molecule has 35 heavy (non-hydrogen) atoms. The third-order valence-electron chi connectivity index (χ3n) is 6.92. The van der Waals surface area contributed by atoms with E-state index in [9.17, 15) is 0 Å². The van der Waals surface area contributed by atoms with Crippen LogP contribution >= 0.6 is 11.3 Å². The van der Waals surface area contributed by atoms with Crippen LogP contribution in [0, 0.1) is 0 Å². The van der Waals surface area contributed by atoms with Crippen molar-refractivity contribution in [3.8, 4) is 5.69 Å². The first kappa shape index (κ1) is 20.3. The monoisotopic (exact) mass is 468 g/mol. The van der Waals surface area contributed by atoms with Gasteiger partial charge in [0.25, 0.3) is 0 Å². The zero-order chi connectivity index (χ0) is 23.5. The third kappa shape index (κ3) is 2.76. The van der Waals surface area contributed by atoms with E-state index in [4.69, 9.17) is 0 Å². The van der Waals surface area contributed by atoms with Gasteiger partial charge in [-0.25, -0.2) is 0 Å². The number of hydrogen-bond acceptors (Lipinski definition) is 1. The molecule has 0 saturated carbocycles. The van der Waals surface area contributed by atoms with Gasteiger partial charge in [-0.05, 0) is 36.4 Å². The standard InChI is InChI=1S/C30H18N2S.C2H6/c1-2-8-18(9-3-1)32-25-13-7-5-11-22(25)28-26(32)17-15-20-19-14-16-24-27(29(19)33-30(20)28)21-10-4-6-12-23(21)31-24;1-2/h1-17,31H;1-2H3. The predicted octanol–water partition coefficient (Wildman–Crippen LogP) is 9.81. The van der Waals surface area contributed by atoms with Gasteiger partial charge in [0.2, 0.25) is 0 Å². The molecule has 3 heterocycles. The highest BCUT2D eigenvalue weighted by molar-refractivity contribution is 7.27. The fourth-order valence-electron chi connectivity index (χ4n) is 5.53. The molecule has 0 saturated heterocycles. The molecule has 0 radical (unpaired) electrons. The van der Waals surface area contributed by atoms with Gasteiger partial charge in [-0.2, -0.15) is 0 Å². The molecule has 0 aliphatic heterocycles. The zero-order valence-electron chi connectivity index (χ0n) is 19.7. The number of thiophene rings is 1. The summed E-state index contributed by atoms with van der Waals surface area (Å²) in [5, 5.41) is 7.97. The molecule has 0 fully saturated rings. The van der Waals surface area contributed by atoms with Crippen molar-refractivity contribution in [2.75, 3.05) is 0 Å². The van der Waals surface area contributed by atoms with Gasteiger partial charge >= 0.3 is 0 Å². The molecule has 5 aromatic carbocycles. The van der Waals surface area contributed by atoms with Crippen molar-refractivity contribution in [2.45, 2.75) is 13.8 Å². The van der Waals surface area contributed by atoms with Gasteiger partial charge in [0.15, 0.2) is 0 Å². The summed E-state index contributed by atoms with van der Waals surface area (Å²) >= 11 is 1.93. The quantitative estimate of drug-likeness (QED) is 0.247. The molecule has 1 N–H and O–H groups in total. The Kier molecular flexibility index (Phi) is 4.48. The molecule has 0 amide bonds. The van der Waals surface area contributed by atoms with E-state index >= 15 is 0 Å². The van der Waals surface area contributed by atoms with Crippen LogP contribution < -0.4 is 0 Å². The van der Waals surface area contributed by atoms with Gasteiger partial charge < -0.3 is 9.55 Å². The van der Waals surface area contributed by atoms with Crippen molar-refractivity contribution in [3.63, 3.8) is 0 Å². The molecule has 0 aliphatic rings. The lowest BCUT2D eigenvalue weighted by molar-refractivity contribution is 1.18. The van der Waals surface area contributed by atoms with Gasteiger partial charge in [-0.3, -0.25) is 0 Å². The maximum Gasteiger partial charge on any atom is 0.0555 e. The minimum atomic E-state index is 1.20. The molecule has 168 valence electrons. The molecule has 2 nitrogen and oxygen atoms in total. The number of aromatic amines is 1. The highest BCUT2D eigenvalue weighted by atomic mass is 32.1. The van der Waals surface area contributed by atoms with Crippen LogP contribution in [0.4, 0.5) is 0 Å². The molecule has 0 unspecified atom stereocenters. The van der Waals surface area contributed by atoms with Crippen molar-refractivity contribution >= 4 is 75.1 Å². The van der Waals surface area contributed by atoms with Gasteiger partial charge in [-0.1, -0.05) is 80.6 Å². The topological polar surface area (TPSA) is 20.7 Å². The van der Waals surface area contributed by atoms with E-state index in [2.05, 4.69) is 113 Å². The van der Waals surface area contributed by atoms with E-state index in [0.717, 1.165) is 0 Å². The summed E-state index contributed by atoms with van der Waals surface area (Å²) in [7, 11) is 0. The maximum atomic E-state index is 3.61. The predicted molar refractivity (Wildman–Crippen MR) is 154 cm³/mol. The lowest BCUT2D eigenvalue weighted by Gasteiger charge is -2.07. The maximum absolute atomic E-state index is 3.61. The average Bonchev–Trinajstić information content (AvgIpc) is 3.59. The lowest BCUT2D eigenvalue weighted by atomic mass is 10.1. The molecule has 8 aromatic rings. The molecule has 0 spiro atoms. The first-order valence-electron chi connectivity index (χ1n) is 12.2. The molecular weight excluding hydrogens is 444 g/mol. The number of aromatic nitrogens is 2. The van der Waals surface area contributed by atoms with Crippen LogP contribution in [0.3, 0.4) is 0 Å². The molecular formula is C32H24N2S. The number of fused-ring (bicyclic) bond motifs is 11. The van der Waals surface area contributed by atoms with E-state index in [1.54, 1.807) is 0 Å². The van der Waals surface area contributed by atoms with Crippen molar-refractivity contribution in [1.82, 2.24) is 9.55 Å². The van der Waals surface area contributed by atoms with Crippen LogP contribution in [0.1, 0.15) is 13.8 Å². The normalized spacial score (nSPS) is 11.7. The van der Waals surface area contributed by atoms with Crippen LogP contribution in [-0.4, -0.2) is 9.55 Å². The summed E-state index contributed by atoms with van der Waals surface area (Å²) in [6.45, 7) is 4.00. The van der Waals surface area contributed by atoms with E-state index < -0.39 is 0 Å². The van der Waals surface area contributed by atoms with E-state index in [1.807, 2.05) is 25.2 Å². The lowest BCUT2D eigenvalue weighted by Crippen LogP contribution is -1.92. The number of benzene rings is 5. The highest BCUT2D eigenvalue weighted by Gasteiger charge is 2.19. The van der Waals surface area contributed by atoms with Crippen LogP contribution in [0.5, 0.6) is 0 Å². The Bertz CT molecular complexity index is 2020. The Hall–Kier alpha value is -4.08. The molecule has 8 rings (SSSR count). The largest absolute Gasteiger partial charge is 0.354 e. The van der Waals surface area contributed by atoms with Gasteiger partial charge in [0.05, 0.1) is 11.0 Å². The van der Waals surface area contributed by atoms with Crippen molar-refractivity contribution in [1.29, 1.82) is 0 Å². The number of rotatable bonds is 1. The summed E-state index contributed by atoms with van der Waals surface area (Å²) in [4.78, 5) is 3.61. The van der Waals surface area contributed by atoms with Crippen molar-refractivity contribution in [3.05, 3.63) is 103 Å². The third-order valence-corrected chi connectivity index (χ3v) is 8.18. The second-order valence-corrected chi connectivity index (χ2v) is 9.68. The van der Waals surface area contributed by atoms with Crippen LogP contribution in [0.2, 0.25) is 0 Å². The summed E-state index contributed by atoms with van der Waals surface area (Å²) < 4.78 is 5.13. The summed E-state index contributed by atoms with van der Waals surface area (Å²) in [6.07, 6.45) is 0. The van der Waals surface area contributed by atoms with E-state index in [0.29, 0.717) is 0 Å². The summed E-state index contributed by atoms with van der Waals surface area (Å²) in [5.74, 6) is 0. The Balaban J connectivity index is 0.00000103. The second-order valence-electron chi connectivity index (χ2n) is 8.66. The molecule has 3 heteroatoms. The Labute approximate surface area is 207 Å². The van der Waals surface area contributed by atoms with E-state index in [1.165, 1.54) is 69.5 Å². The number of para-hydroxylation sites is 3. The van der Waals surface area contributed by atoms with Gasteiger partial charge in [0.1, 0.15) is 0 Å². The number of nitrogens with one attached hydrogen (secondary N) is 1. The van der Waals surface area contributed by atoms with E-state index in [-0.39, 0.29) is 0 Å². The number of hydrogen-bond donors (Lipinski definition) is 1. The first-order valence-corrected chi connectivity index (χ1v) is 13.0. The SMILES string of the molecule is CC.c1ccc(-n2c3ccccc3c3c4sc5c(ccc6[nH]c7ccccc7c65)c4ccc32)cc1. The summed E-state index contributed by atoms with van der Waals surface area (Å²) in [6, 6.07) is 37.2. The van der Waals surface area contributed by atoms with Crippen LogP contribution in [0.15, 0.2) is 103 Å². The average molecular weight is 469 g/mol. The number of H-pyrrole nitrogens is 1. The Morgan fingerprint density at radius 2 is 1.17 bits per heavy atom. The molecule has 0 bridgehead atoms. The fraction of sp³-hybridized carbons (Fsp3) is 0.0625. The smallest absolute Gasteiger partial charge is 0.0555 e. The van der Waals surface area contributed by atoms with Gasteiger partial charge in [0, 0.05) is 58.4 Å². The van der Waals surface area contributed by atoms with Crippen LogP contribution in [-0.2, 0) is 0 Å². The Morgan fingerprint density at radius 3 is 2.00 bits per heavy atom. The zero-order valence-corrected chi connectivity index (χ0v) is 20.5. The highest BCUT2D eigenvalue weighted by Crippen LogP contribution is 2.46. The molecule has 3 aromatic heterocycles. The minimum absolute atomic E-state index is 1.20. The minimum Gasteiger partial charge on any atom is -0.354 e. The molecule has 0 atom stereocenters. The first-order chi connectivity index (χ1) is 17.4. The van der Waals surface area contributed by atoms with Crippen molar-refractivity contribution < 1.29 is 0 Å². The van der Waals surface area contributed by atoms with Crippen molar-refractivity contribution in [2.24, 2.45) is 0 Å².